The summed E-state index contributed by atoms with van der Waals surface area (Å²) in [4.78, 5) is 26.1. The lowest BCUT2D eigenvalue weighted by Gasteiger charge is -2.08. The molecule has 7 rings (SSSR count). The second-order valence-electron chi connectivity index (χ2n) is 11.8. The van der Waals surface area contributed by atoms with Crippen molar-refractivity contribution >= 4 is 45.9 Å². The van der Waals surface area contributed by atoms with Crippen molar-refractivity contribution in [2.75, 3.05) is 10.6 Å². The topological polar surface area (TPSA) is 108 Å². The molecule has 7 aromatic carbocycles. The predicted molar refractivity (Wildman–Crippen MR) is 207 cm³/mol. The van der Waals surface area contributed by atoms with Gasteiger partial charge in [0.25, 0.3) is 11.8 Å². The Morgan fingerprint density at radius 2 is 0.635 bits per heavy atom. The predicted octanol–water partition coefficient (Wildman–Crippen LogP) is 12.4. The van der Waals surface area contributed by atoms with Crippen LogP contribution in [0.3, 0.4) is 0 Å². The van der Waals surface area contributed by atoms with E-state index in [2.05, 4.69) is 55.4 Å². The van der Waals surface area contributed by atoms with Crippen molar-refractivity contribution in [1.29, 1.82) is 0 Å². The van der Waals surface area contributed by atoms with Crippen LogP contribution in [0.15, 0.2) is 202 Å². The fourth-order valence-electron chi connectivity index (χ4n) is 5.36. The van der Waals surface area contributed by atoms with Crippen LogP contribution < -0.4 is 10.6 Å². The highest BCUT2D eigenvalue weighted by Gasteiger charge is 2.12. The van der Waals surface area contributed by atoms with E-state index in [1.807, 2.05) is 84.9 Å². The van der Waals surface area contributed by atoms with Gasteiger partial charge in [-0.2, -0.15) is 20.5 Å². The van der Waals surface area contributed by atoms with E-state index >= 15 is 0 Å². The lowest BCUT2D eigenvalue weighted by molar-refractivity contribution is 0.102. The van der Waals surface area contributed by atoms with E-state index in [9.17, 15) is 9.59 Å². The lowest BCUT2D eigenvalue weighted by Crippen LogP contribution is -2.15. The number of anilines is 2. The Morgan fingerprint density at radius 1 is 0.327 bits per heavy atom. The van der Waals surface area contributed by atoms with Crippen molar-refractivity contribution in [1.82, 2.24) is 0 Å². The van der Waals surface area contributed by atoms with Crippen LogP contribution in [-0.4, -0.2) is 11.8 Å². The summed E-state index contributed by atoms with van der Waals surface area (Å²) in [5.41, 5.74) is 9.15. The Hall–Kier alpha value is -7.32. The highest BCUT2D eigenvalue weighted by molar-refractivity contribution is 6.08. The van der Waals surface area contributed by atoms with E-state index in [1.54, 1.807) is 72.8 Å². The van der Waals surface area contributed by atoms with Crippen LogP contribution >= 0.6 is 0 Å². The average Bonchev–Trinajstić information content (AvgIpc) is 3.21. The first-order valence-electron chi connectivity index (χ1n) is 16.6. The average molecular weight is 677 g/mol. The van der Waals surface area contributed by atoms with Gasteiger partial charge in [0.1, 0.15) is 0 Å². The molecule has 0 spiro atoms. The Balaban J connectivity index is 0.912. The molecule has 7 aromatic rings. The zero-order valence-corrected chi connectivity index (χ0v) is 27.9. The highest BCUT2D eigenvalue weighted by Crippen LogP contribution is 2.26. The van der Waals surface area contributed by atoms with Gasteiger partial charge in [0.2, 0.25) is 0 Å². The molecule has 8 heteroatoms. The van der Waals surface area contributed by atoms with E-state index in [1.165, 1.54) is 0 Å². The molecule has 52 heavy (non-hydrogen) atoms. The van der Waals surface area contributed by atoms with Crippen LogP contribution in [0.2, 0.25) is 0 Å². The molecular weight excluding hydrogens is 645 g/mol. The SMILES string of the molecule is O=C(Nc1ccc(/N=N/c2ccc(-c3ccccc3)cc2)cc1)c1cccc(C(=O)Nc2ccc(/N=N/c3ccc(-c4ccccc4)cc3)cc2)c1. The second-order valence-corrected chi connectivity index (χ2v) is 11.8. The number of azo groups is 2. The summed E-state index contributed by atoms with van der Waals surface area (Å²) in [6.45, 7) is 0. The molecule has 2 N–H and O–H groups in total. The van der Waals surface area contributed by atoms with Crippen LogP contribution in [0.1, 0.15) is 20.7 Å². The van der Waals surface area contributed by atoms with Crippen molar-refractivity contribution in [2.24, 2.45) is 20.5 Å². The normalized spacial score (nSPS) is 11.1. The van der Waals surface area contributed by atoms with Gasteiger partial charge in [0.05, 0.1) is 22.7 Å². The van der Waals surface area contributed by atoms with Gasteiger partial charge in [-0.05, 0) is 113 Å². The number of rotatable bonds is 10. The smallest absolute Gasteiger partial charge is 0.255 e. The molecule has 0 aliphatic heterocycles. The summed E-state index contributed by atoms with van der Waals surface area (Å²) >= 11 is 0. The molecule has 0 saturated heterocycles. The fraction of sp³-hybridized carbons (Fsp3) is 0. The third kappa shape index (κ3) is 8.63. The molecular formula is C44H32N6O2. The van der Waals surface area contributed by atoms with Gasteiger partial charge in [0.15, 0.2) is 0 Å². The maximum absolute atomic E-state index is 13.1. The molecule has 0 aromatic heterocycles. The molecule has 0 aliphatic carbocycles. The van der Waals surface area contributed by atoms with E-state index < -0.39 is 0 Å². The first kappa shape index (κ1) is 33.2. The van der Waals surface area contributed by atoms with Crippen molar-refractivity contribution in [3.05, 3.63) is 193 Å². The third-order valence-electron chi connectivity index (χ3n) is 8.15. The number of carbonyl (C=O) groups excluding carboxylic acids is 2. The van der Waals surface area contributed by atoms with E-state index in [-0.39, 0.29) is 11.8 Å². The summed E-state index contributed by atoms with van der Waals surface area (Å²) in [6, 6.07) is 56.7. The number of nitrogens with one attached hydrogen (secondary N) is 2. The molecule has 0 atom stereocenters. The summed E-state index contributed by atoms with van der Waals surface area (Å²) < 4.78 is 0. The minimum absolute atomic E-state index is 0.341. The van der Waals surface area contributed by atoms with Crippen molar-refractivity contribution in [3.63, 3.8) is 0 Å². The fourth-order valence-corrected chi connectivity index (χ4v) is 5.36. The quantitative estimate of drug-likeness (QED) is 0.141. The van der Waals surface area contributed by atoms with Crippen molar-refractivity contribution in [3.8, 4) is 22.3 Å². The monoisotopic (exact) mass is 676 g/mol. The summed E-state index contributed by atoms with van der Waals surface area (Å²) in [5, 5.41) is 23.0. The van der Waals surface area contributed by atoms with Gasteiger partial charge in [-0.15, -0.1) is 0 Å². The number of carbonyl (C=O) groups is 2. The van der Waals surface area contributed by atoms with Gasteiger partial charge in [-0.1, -0.05) is 91.0 Å². The first-order valence-corrected chi connectivity index (χ1v) is 16.6. The lowest BCUT2D eigenvalue weighted by atomic mass is 10.1. The molecule has 250 valence electrons. The molecule has 0 saturated carbocycles. The third-order valence-corrected chi connectivity index (χ3v) is 8.15. The zero-order valence-electron chi connectivity index (χ0n) is 27.9. The molecule has 0 unspecified atom stereocenters. The van der Waals surface area contributed by atoms with E-state index in [4.69, 9.17) is 0 Å². The number of nitrogens with zero attached hydrogens (tertiary/aromatic N) is 4. The molecule has 0 aliphatic rings. The standard InChI is InChI=1S/C44H32N6O2/c51-43(45-37-22-26-41(27-23-37)49-47-39-18-14-33(15-19-39)31-8-3-1-4-9-31)35-12-7-13-36(30-35)44(52)46-38-24-28-42(29-25-38)50-48-40-20-16-34(17-21-40)32-10-5-2-6-11-32/h1-30H,(H,45,51)(H,46,52)/b49-47+,50-48+. The van der Waals surface area contributed by atoms with Gasteiger partial charge >= 0.3 is 0 Å². The first-order chi connectivity index (χ1) is 25.6. The summed E-state index contributed by atoms with van der Waals surface area (Å²) in [6.07, 6.45) is 0. The van der Waals surface area contributed by atoms with Gasteiger partial charge < -0.3 is 10.6 Å². The summed E-state index contributed by atoms with van der Waals surface area (Å²) in [5.74, 6) is -0.682. The summed E-state index contributed by atoms with van der Waals surface area (Å²) in [7, 11) is 0. The Morgan fingerprint density at radius 3 is 0.981 bits per heavy atom. The van der Waals surface area contributed by atoms with Crippen LogP contribution in [0.5, 0.6) is 0 Å². The van der Waals surface area contributed by atoms with Crippen LogP contribution in [-0.2, 0) is 0 Å². The molecule has 8 nitrogen and oxygen atoms in total. The van der Waals surface area contributed by atoms with E-state index in [0.717, 1.165) is 33.6 Å². The largest absolute Gasteiger partial charge is 0.322 e. The van der Waals surface area contributed by atoms with Crippen LogP contribution in [0.4, 0.5) is 34.1 Å². The minimum Gasteiger partial charge on any atom is -0.322 e. The molecule has 0 bridgehead atoms. The molecule has 2 amide bonds. The van der Waals surface area contributed by atoms with Crippen LogP contribution in [0, 0.1) is 0 Å². The van der Waals surface area contributed by atoms with E-state index in [0.29, 0.717) is 33.9 Å². The maximum Gasteiger partial charge on any atom is 0.255 e. The molecule has 0 fully saturated rings. The maximum atomic E-state index is 13.1. The van der Waals surface area contributed by atoms with Crippen LogP contribution in [0.25, 0.3) is 22.3 Å². The Kier molecular flexibility index (Phi) is 10.2. The van der Waals surface area contributed by atoms with Crippen molar-refractivity contribution in [2.45, 2.75) is 0 Å². The Labute approximate surface area is 301 Å². The molecule has 0 radical (unpaired) electrons. The second kappa shape index (κ2) is 15.9. The Bertz CT molecular complexity index is 2170. The number of hydrogen-bond donors (Lipinski definition) is 2. The number of benzene rings is 7. The highest BCUT2D eigenvalue weighted by atomic mass is 16.2. The van der Waals surface area contributed by atoms with Crippen molar-refractivity contribution < 1.29 is 9.59 Å². The van der Waals surface area contributed by atoms with Gasteiger partial charge in [0, 0.05) is 22.5 Å². The molecule has 0 heterocycles. The minimum atomic E-state index is -0.341. The number of amides is 2. The number of hydrogen-bond acceptors (Lipinski definition) is 6. The van der Waals surface area contributed by atoms with Gasteiger partial charge in [-0.3, -0.25) is 9.59 Å². The zero-order chi connectivity index (χ0) is 35.5. The van der Waals surface area contributed by atoms with Gasteiger partial charge in [-0.25, -0.2) is 0 Å².